The zero-order chi connectivity index (χ0) is 7.52. The van der Waals surface area contributed by atoms with Crippen molar-refractivity contribution >= 4 is 23.5 Å². The van der Waals surface area contributed by atoms with Crippen LogP contribution in [0.4, 0.5) is 0 Å². The van der Waals surface area contributed by atoms with Gasteiger partial charge in [-0.2, -0.15) is 23.5 Å². The third-order valence-corrected chi connectivity index (χ3v) is 5.19. The summed E-state index contributed by atoms with van der Waals surface area (Å²) in [5.41, 5.74) is 0. The van der Waals surface area contributed by atoms with Gasteiger partial charge in [0.05, 0.1) is 0 Å². The lowest BCUT2D eigenvalue weighted by atomic mass is 10.0. The fraction of sp³-hybridized carbons (Fsp3) is 1.00. The minimum Gasteiger partial charge on any atom is -0.157 e. The van der Waals surface area contributed by atoms with Gasteiger partial charge in [-0.05, 0) is 12.8 Å². The first-order valence-electron chi connectivity index (χ1n) is 4.68. The van der Waals surface area contributed by atoms with Crippen molar-refractivity contribution in [1.29, 1.82) is 0 Å². The van der Waals surface area contributed by atoms with Crippen LogP contribution in [0.25, 0.3) is 0 Å². The standard InChI is InChI=1S/C9H16S2/c1-2-4-8(5-3-1)10-6-9-7-11-9/h8-9H,1-7H2. The van der Waals surface area contributed by atoms with E-state index >= 15 is 0 Å². The van der Waals surface area contributed by atoms with E-state index < -0.39 is 0 Å². The summed E-state index contributed by atoms with van der Waals surface area (Å²) < 4.78 is 0. The number of hydrogen-bond donors (Lipinski definition) is 0. The highest BCUT2D eigenvalue weighted by Gasteiger charge is 2.24. The monoisotopic (exact) mass is 188 g/mol. The molecule has 0 spiro atoms. The Kier molecular flexibility index (Phi) is 3.08. The zero-order valence-electron chi connectivity index (χ0n) is 6.92. The maximum atomic E-state index is 2.25. The van der Waals surface area contributed by atoms with Crippen molar-refractivity contribution in [1.82, 2.24) is 0 Å². The highest BCUT2D eigenvalue weighted by atomic mass is 32.2. The van der Waals surface area contributed by atoms with Gasteiger partial charge in [-0.1, -0.05) is 19.3 Å². The predicted molar refractivity (Wildman–Crippen MR) is 55.6 cm³/mol. The molecule has 11 heavy (non-hydrogen) atoms. The summed E-state index contributed by atoms with van der Waals surface area (Å²) in [7, 11) is 0. The van der Waals surface area contributed by atoms with Crippen molar-refractivity contribution in [2.45, 2.75) is 42.6 Å². The van der Waals surface area contributed by atoms with Crippen molar-refractivity contribution in [3.8, 4) is 0 Å². The molecule has 2 heteroatoms. The molecule has 1 unspecified atom stereocenters. The SMILES string of the molecule is C1CCC(SCC2CS2)CC1. The third kappa shape index (κ3) is 2.90. The molecule has 2 rings (SSSR count). The molecule has 0 N–H and O–H groups in total. The van der Waals surface area contributed by atoms with Crippen LogP contribution < -0.4 is 0 Å². The number of thioether (sulfide) groups is 2. The second kappa shape index (κ2) is 4.08. The van der Waals surface area contributed by atoms with E-state index in [0.29, 0.717) is 0 Å². The molecule has 1 atom stereocenters. The lowest BCUT2D eigenvalue weighted by Crippen LogP contribution is -2.09. The van der Waals surface area contributed by atoms with Gasteiger partial charge in [-0.3, -0.25) is 0 Å². The first-order valence-corrected chi connectivity index (χ1v) is 6.78. The van der Waals surface area contributed by atoms with Crippen LogP contribution in [0.2, 0.25) is 0 Å². The maximum Gasteiger partial charge on any atom is 0.0229 e. The summed E-state index contributed by atoms with van der Waals surface area (Å²) in [6.07, 6.45) is 7.49. The highest BCUT2D eigenvalue weighted by Crippen LogP contribution is 2.37. The Morgan fingerprint density at radius 3 is 2.55 bits per heavy atom. The van der Waals surface area contributed by atoms with Crippen molar-refractivity contribution in [2.24, 2.45) is 0 Å². The van der Waals surface area contributed by atoms with E-state index in [1.807, 2.05) is 0 Å². The van der Waals surface area contributed by atoms with Crippen molar-refractivity contribution in [3.05, 3.63) is 0 Å². The Hall–Kier alpha value is 0.700. The Bertz CT molecular complexity index is 115. The quantitative estimate of drug-likeness (QED) is 0.624. The second-order valence-electron chi connectivity index (χ2n) is 3.55. The average Bonchev–Trinajstić information content (AvgIpc) is 2.86. The van der Waals surface area contributed by atoms with Gasteiger partial charge in [0.2, 0.25) is 0 Å². The van der Waals surface area contributed by atoms with Gasteiger partial charge in [-0.15, -0.1) is 0 Å². The molecule has 0 aromatic heterocycles. The molecule has 1 aliphatic carbocycles. The molecule has 0 amide bonds. The van der Waals surface area contributed by atoms with Crippen LogP contribution in [0.5, 0.6) is 0 Å². The molecule has 2 fully saturated rings. The van der Waals surface area contributed by atoms with Crippen LogP contribution in [0, 0.1) is 0 Å². The van der Waals surface area contributed by atoms with E-state index in [-0.39, 0.29) is 0 Å². The van der Waals surface area contributed by atoms with Crippen LogP contribution in [-0.2, 0) is 0 Å². The smallest absolute Gasteiger partial charge is 0.0229 e. The second-order valence-corrected chi connectivity index (χ2v) is 6.22. The topological polar surface area (TPSA) is 0 Å². The summed E-state index contributed by atoms with van der Waals surface area (Å²) in [6.45, 7) is 0. The van der Waals surface area contributed by atoms with Gasteiger partial charge in [0.15, 0.2) is 0 Å². The fourth-order valence-corrected chi connectivity index (χ4v) is 3.93. The van der Waals surface area contributed by atoms with Gasteiger partial charge in [0.1, 0.15) is 0 Å². The summed E-state index contributed by atoms with van der Waals surface area (Å²) in [5.74, 6) is 2.88. The minimum atomic E-state index is 1.03. The van der Waals surface area contributed by atoms with E-state index in [1.165, 1.54) is 43.6 Å². The molecule has 1 saturated carbocycles. The van der Waals surface area contributed by atoms with Gasteiger partial charge >= 0.3 is 0 Å². The summed E-state index contributed by atoms with van der Waals surface area (Å²) in [5, 5.41) is 2.08. The van der Waals surface area contributed by atoms with E-state index in [4.69, 9.17) is 0 Å². The van der Waals surface area contributed by atoms with Crippen LogP contribution >= 0.6 is 23.5 Å². The van der Waals surface area contributed by atoms with E-state index in [1.54, 1.807) is 0 Å². The Balaban J connectivity index is 1.59. The van der Waals surface area contributed by atoms with Crippen LogP contribution in [-0.4, -0.2) is 22.0 Å². The largest absolute Gasteiger partial charge is 0.157 e. The third-order valence-electron chi connectivity index (χ3n) is 2.47. The zero-order valence-corrected chi connectivity index (χ0v) is 8.55. The van der Waals surface area contributed by atoms with Crippen molar-refractivity contribution in [2.75, 3.05) is 11.5 Å². The molecule has 0 aromatic rings. The molecule has 0 bridgehead atoms. The average molecular weight is 188 g/mol. The lowest BCUT2D eigenvalue weighted by molar-refractivity contribution is 0.516. The first-order chi connectivity index (χ1) is 5.45. The van der Waals surface area contributed by atoms with Gasteiger partial charge in [-0.25, -0.2) is 0 Å². The molecular weight excluding hydrogens is 172 g/mol. The van der Waals surface area contributed by atoms with Crippen LogP contribution in [0.3, 0.4) is 0 Å². The van der Waals surface area contributed by atoms with Crippen molar-refractivity contribution < 1.29 is 0 Å². The Morgan fingerprint density at radius 1 is 1.18 bits per heavy atom. The van der Waals surface area contributed by atoms with Crippen LogP contribution in [0.1, 0.15) is 32.1 Å². The van der Waals surface area contributed by atoms with Crippen LogP contribution in [0.15, 0.2) is 0 Å². The molecular formula is C9H16S2. The molecule has 64 valence electrons. The summed E-state index contributed by atoms with van der Waals surface area (Å²) in [6, 6.07) is 0. The molecule has 0 nitrogen and oxygen atoms in total. The summed E-state index contributed by atoms with van der Waals surface area (Å²) >= 11 is 4.38. The van der Waals surface area contributed by atoms with E-state index in [9.17, 15) is 0 Å². The normalized spacial score (nSPS) is 32.2. The number of rotatable bonds is 3. The predicted octanol–water partition coefficient (Wildman–Crippen LogP) is 3.17. The molecule has 2 aliphatic rings. The first kappa shape index (κ1) is 8.31. The molecule has 1 aliphatic heterocycles. The van der Waals surface area contributed by atoms with Gasteiger partial charge < -0.3 is 0 Å². The van der Waals surface area contributed by atoms with E-state index in [0.717, 1.165) is 10.5 Å². The fourth-order valence-electron chi connectivity index (χ4n) is 1.64. The Morgan fingerprint density at radius 2 is 1.91 bits per heavy atom. The van der Waals surface area contributed by atoms with Gasteiger partial charge in [0, 0.05) is 22.0 Å². The molecule has 0 radical (unpaired) electrons. The van der Waals surface area contributed by atoms with Gasteiger partial charge in [0.25, 0.3) is 0 Å². The maximum absolute atomic E-state index is 2.25. The highest BCUT2D eigenvalue weighted by molar-refractivity contribution is 8.08. The van der Waals surface area contributed by atoms with Crippen molar-refractivity contribution in [3.63, 3.8) is 0 Å². The number of hydrogen-bond acceptors (Lipinski definition) is 2. The minimum absolute atomic E-state index is 1.03. The lowest BCUT2D eigenvalue weighted by Gasteiger charge is -2.20. The Labute approximate surface area is 77.9 Å². The molecule has 1 saturated heterocycles. The molecule has 1 heterocycles. The summed E-state index contributed by atoms with van der Waals surface area (Å²) in [4.78, 5) is 0. The molecule has 0 aromatic carbocycles. The van der Waals surface area contributed by atoms with E-state index in [2.05, 4.69) is 23.5 Å².